The second kappa shape index (κ2) is 4.59. The molecule has 0 aromatic carbocycles. The molecule has 0 spiro atoms. The van der Waals surface area contributed by atoms with Crippen molar-refractivity contribution in [1.29, 1.82) is 0 Å². The van der Waals surface area contributed by atoms with Crippen LogP contribution in [0.2, 0.25) is 0 Å². The average molecular weight is 212 g/mol. The van der Waals surface area contributed by atoms with Crippen molar-refractivity contribution < 1.29 is 5.11 Å². The van der Waals surface area contributed by atoms with Crippen molar-refractivity contribution in [3.8, 4) is 0 Å². The van der Waals surface area contributed by atoms with Crippen molar-refractivity contribution in [1.82, 2.24) is 0 Å². The van der Waals surface area contributed by atoms with Gasteiger partial charge in [-0.05, 0) is 29.0 Å². The molecule has 0 aliphatic heterocycles. The van der Waals surface area contributed by atoms with Gasteiger partial charge in [0.15, 0.2) is 0 Å². The van der Waals surface area contributed by atoms with Crippen LogP contribution in [0.3, 0.4) is 0 Å². The number of hydrogen-bond donors (Lipinski definition) is 1. The molecule has 0 heterocycles. The molecule has 42 valence electrons. The summed E-state index contributed by atoms with van der Waals surface area (Å²) < 4.78 is 1.03. The highest BCUT2D eigenvalue weighted by molar-refractivity contribution is 14.1. The Morgan fingerprint density at radius 2 is 2.43 bits per heavy atom. The van der Waals surface area contributed by atoms with Crippen LogP contribution >= 0.6 is 22.6 Å². The lowest BCUT2D eigenvalue weighted by molar-refractivity contribution is 0.341. The molecule has 0 amide bonds. The van der Waals surface area contributed by atoms with Crippen LogP contribution in [0.25, 0.3) is 0 Å². The summed E-state index contributed by atoms with van der Waals surface area (Å²) in [5.41, 5.74) is 0. The first-order valence-electron chi connectivity index (χ1n) is 2.26. The standard InChI is InChI=1S/C5H9IO/c1-2-3-5(6)4-7/h3,7H,2,4H2,1H3. The van der Waals surface area contributed by atoms with Gasteiger partial charge in [-0.15, -0.1) is 0 Å². The van der Waals surface area contributed by atoms with Crippen LogP contribution in [-0.2, 0) is 0 Å². The van der Waals surface area contributed by atoms with E-state index in [0.29, 0.717) is 0 Å². The first-order chi connectivity index (χ1) is 3.31. The Morgan fingerprint density at radius 3 is 2.57 bits per heavy atom. The molecule has 0 radical (unpaired) electrons. The second-order valence-corrected chi connectivity index (χ2v) is 2.60. The number of aliphatic hydroxyl groups excluding tert-OH is 1. The highest BCUT2D eigenvalue weighted by Crippen LogP contribution is 2.03. The molecule has 2 heteroatoms. The Labute approximate surface area is 57.6 Å². The van der Waals surface area contributed by atoms with E-state index < -0.39 is 0 Å². The molecule has 1 N–H and O–H groups in total. The fourth-order valence-corrected chi connectivity index (χ4v) is 0.726. The van der Waals surface area contributed by atoms with Gasteiger partial charge < -0.3 is 5.11 Å². The van der Waals surface area contributed by atoms with Crippen LogP contribution in [0.5, 0.6) is 0 Å². The first kappa shape index (κ1) is 7.43. The van der Waals surface area contributed by atoms with E-state index in [9.17, 15) is 0 Å². The number of rotatable bonds is 2. The van der Waals surface area contributed by atoms with E-state index in [2.05, 4.69) is 22.6 Å². The molecule has 7 heavy (non-hydrogen) atoms. The zero-order valence-electron chi connectivity index (χ0n) is 4.32. The topological polar surface area (TPSA) is 20.2 Å². The molecule has 0 fully saturated rings. The summed E-state index contributed by atoms with van der Waals surface area (Å²) in [5, 5.41) is 8.39. The lowest BCUT2D eigenvalue weighted by Crippen LogP contribution is -1.77. The third kappa shape index (κ3) is 4.28. The third-order valence-corrected chi connectivity index (χ3v) is 1.36. The van der Waals surface area contributed by atoms with Gasteiger partial charge in [-0.3, -0.25) is 0 Å². The number of allylic oxidation sites excluding steroid dienone is 1. The summed E-state index contributed by atoms with van der Waals surface area (Å²) in [6.45, 7) is 2.24. The lowest BCUT2D eigenvalue weighted by atomic mass is 10.4. The van der Waals surface area contributed by atoms with E-state index in [1.807, 2.05) is 13.0 Å². The monoisotopic (exact) mass is 212 g/mol. The summed E-state index contributed by atoms with van der Waals surface area (Å²) in [6.07, 6.45) is 3.01. The van der Waals surface area contributed by atoms with Gasteiger partial charge in [0.05, 0.1) is 6.61 Å². The first-order valence-corrected chi connectivity index (χ1v) is 3.34. The average Bonchev–Trinajstić information content (AvgIpc) is 1.68. The lowest BCUT2D eigenvalue weighted by Gasteiger charge is -1.85. The predicted octanol–water partition coefficient (Wildman–Crippen LogP) is 1.71. The van der Waals surface area contributed by atoms with Crippen LogP contribution in [-0.4, -0.2) is 11.7 Å². The normalized spacial score (nSPS) is 12.1. The molecule has 0 atom stereocenters. The summed E-state index contributed by atoms with van der Waals surface area (Å²) in [4.78, 5) is 0. The van der Waals surface area contributed by atoms with E-state index in [1.54, 1.807) is 0 Å². The Hall–Kier alpha value is 0.430. The quantitative estimate of drug-likeness (QED) is 0.690. The molecule has 0 aromatic heterocycles. The fourth-order valence-electron chi connectivity index (χ4n) is 0.286. The van der Waals surface area contributed by atoms with Crippen LogP contribution in [0, 0.1) is 0 Å². The molecule has 1 nitrogen and oxygen atoms in total. The largest absolute Gasteiger partial charge is 0.391 e. The van der Waals surface area contributed by atoms with E-state index in [1.165, 1.54) is 0 Å². The Kier molecular flexibility index (Phi) is 4.87. The van der Waals surface area contributed by atoms with Crippen LogP contribution in [0.1, 0.15) is 13.3 Å². The molecule has 0 rings (SSSR count). The minimum atomic E-state index is 0.189. The van der Waals surface area contributed by atoms with E-state index in [4.69, 9.17) is 5.11 Å². The predicted molar refractivity (Wildman–Crippen MR) is 39.5 cm³/mol. The van der Waals surface area contributed by atoms with Crippen LogP contribution in [0.15, 0.2) is 9.66 Å². The van der Waals surface area contributed by atoms with E-state index >= 15 is 0 Å². The van der Waals surface area contributed by atoms with Gasteiger partial charge in [-0.2, -0.15) is 0 Å². The molecule has 0 aliphatic carbocycles. The van der Waals surface area contributed by atoms with Gasteiger partial charge >= 0.3 is 0 Å². The zero-order chi connectivity index (χ0) is 5.70. The van der Waals surface area contributed by atoms with Crippen molar-refractivity contribution in [3.05, 3.63) is 9.66 Å². The molecule has 0 aliphatic rings. The van der Waals surface area contributed by atoms with Crippen LogP contribution in [0.4, 0.5) is 0 Å². The van der Waals surface area contributed by atoms with Gasteiger partial charge in [0.1, 0.15) is 0 Å². The zero-order valence-corrected chi connectivity index (χ0v) is 6.47. The van der Waals surface area contributed by atoms with Crippen molar-refractivity contribution in [2.45, 2.75) is 13.3 Å². The van der Waals surface area contributed by atoms with Crippen molar-refractivity contribution in [3.63, 3.8) is 0 Å². The number of halogens is 1. The second-order valence-electron chi connectivity index (χ2n) is 1.22. The van der Waals surface area contributed by atoms with Crippen molar-refractivity contribution in [2.75, 3.05) is 6.61 Å². The Bertz CT molecular complexity index is 68.5. The van der Waals surface area contributed by atoms with Crippen molar-refractivity contribution in [2.24, 2.45) is 0 Å². The van der Waals surface area contributed by atoms with E-state index in [0.717, 1.165) is 10.0 Å². The molecule has 0 saturated heterocycles. The molecule has 0 saturated carbocycles. The van der Waals surface area contributed by atoms with E-state index in [-0.39, 0.29) is 6.61 Å². The van der Waals surface area contributed by atoms with Crippen LogP contribution < -0.4 is 0 Å². The Balaban J connectivity index is 3.29. The maximum atomic E-state index is 8.39. The minimum Gasteiger partial charge on any atom is -0.391 e. The Morgan fingerprint density at radius 1 is 1.86 bits per heavy atom. The molecule has 0 aromatic rings. The summed E-state index contributed by atoms with van der Waals surface area (Å²) in [5.74, 6) is 0. The SMILES string of the molecule is CCC=C(I)CO. The maximum absolute atomic E-state index is 8.39. The van der Waals surface area contributed by atoms with Gasteiger partial charge in [-0.25, -0.2) is 0 Å². The fraction of sp³-hybridized carbons (Fsp3) is 0.600. The summed E-state index contributed by atoms with van der Waals surface area (Å²) >= 11 is 2.12. The van der Waals surface area contributed by atoms with Crippen molar-refractivity contribution >= 4 is 22.6 Å². The highest BCUT2D eigenvalue weighted by Gasteiger charge is 1.80. The molecular weight excluding hydrogens is 203 g/mol. The highest BCUT2D eigenvalue weighted by atomic mass is 127. The van der Waals surface area contributed by atoms with Gasteiger partial charge in [0.2, 0.25) is 0 Å². The minimum absolute atomic E-state index is 0.189. The summed E-state index contributed by atoms with van der Waals surface area (Å²) in [6, 6.07) is 0. The molecule has 0 bridgehead atoms. The maximum Gasteiger partial charge on any atom is 0.0735 e. The third-order valence-electron chi connectivity index (χ3n) is 0.577. The smallest absolute Gasteiger partial charge is 0.0735 e. The summed E-state index contributed by atoms with van der Waals surface area (Å²) in [7, 11) is 0. The van der Waals surface area contributed by atoms with Gasteiger partial charge in [0.25, 0.3) is 0 Å². The number of aliphatic hydroxyl groups is 1. The molecular formula is C5H9IO. The van der Waals surface area contributed by atoms with Gasteiger partial charge in [-0.1, -0.05) is 13.0 Å². The number of hydrogen-bond acceptors (Lipinski definition) is 1. The molecule has 0 unspecified atom stereocenters. The van der Waals surface area contributed by atoms with Gasteiger partial charge in [0, 0.05) is 3.58 Å².